The predicted octanol–water partition coefficient (Wildman–Crippen LogP) is 2.74. The molecule has 1 atom stereocenters. The lowest BCUT2D eigenvalue weighted by Gasteiger charge is -2.19. The van der Waals surface area contributed by atoms with Crippen LogP contribution in [0.25, 0.3) is 0 Å². The number of rotatable bonds is 4. The molecular weight excluding hydrogens is 188 g/mol. The number of benzene rings is 1. The smallest absolute Gasteiger partial charge is 0.121 e. The standard InChI is InChI=1S/C13H20O2/c1-9(2)12(8-14)11-5-6-13(15-4)10(3)7-11/h5-7,9,12,14H,8H2,1-4H3. The van der Waals surface area contributed by atoms with E-state index in [9.17, 15) is 5.11 Å². The highest BCUT2D eigenvalue weighted by atomic mass is 16.5. The number of aliphatic hydroxyl groups excluding tert-OH is 1. The lowest BCUT2D eigenvalue weighted by molar-refractivity contribution is 0.237. The molecule has 0 aliphatic heterocycles. The Morgan fingerprint density at radius 2 is 2.00 bits per heavy atom. The van der Waals surface area contributed by atoms with E-state index < -0.39 is 0 Å². The van der Waals surface area contributed by atoms with Crippen LogP contribution in [0.5, 0.6) is 5.75 Å². The number of aryl methyl sites for hydroxylation is 1. The van der Waals surface area contributed by atoms with E-state index in [0.29, 0.717) is 5.92 Å². The monoisotopic (exact) mass is 208 g/mol. The normalized spacial score (nSPS) is 12.9. The third-order valence-electron chi connectivity index (χ3n) is 2.85. The second kappa shape index (κ2) is 5.17. The van der Waals surface area contributed by atoms with Crippen LogP contribution in [0.15, 0.2) is 18.2 Å². The second-order valence-corrected chi connectivity index (χ2v) is 4.26. The molecule has 0 bridgehead atoms. The highest BCUT2D eigenvalue weighted by molar-refractivity contribution is 5.37. The van der Waals surface area contributed by atoms with E-state index in [1.165, 1.54) is 5.56 Å². The molecule has 0 fully saturated rings. The molecule has 1 unspecified atom stereocenters. The van der Waals surface area contributed by atoms with Gasteiger partial charge in [-0.05, 0) is 30.0 Å². The fourth-order valence-corrected chi connectivity index (χ4v) is 1.83. The minimum atomic E-state index is 0.198. The molecule has 2 heteroatoms. The first-order valence-corrected chi connectivity index (χ1v) is 5.35. The van der Waals surface area contributed by atoms with Crippen LogP contribution >= 0.6 is 0 Å². The van der Waals surface area contributed by atoms with Crippen LogP contribution in [0.3, 0.4) is 0 Å². The molecule has 0 heterocycles. The van der Waals surface area contributed by atoms with Gasteiger partial charge in [-0.2, -0.15) is 0 Å². The molecule has 0 aliphatic carbocycles. The summed E-state index contributed by atoms with van der Waals surface area (Å²) in [7, 11) is 1.67. The first-order chi connectivity index (χ1) is 7.10. The number of aliphatic hydroxyl groups is 1. The zero-order valence-electron chi connectivity index (χ0n) is 9.95. The van der Waals surface area contributed by atoms with E-state index in [-0.39, 0.29) is 12.5 Å². The van der Waals surface area contributed by atoms with Gasteiger partial charge in [-0.3, -0.25) is 0 Å². The molecule has 1 aromatic rings. The van der Waals surface area contributed by atoms with Crippen molar-refractivity contribution in [2.24, 2.45) is 5.92 Å². The van der Waals surface area contributed by atoms with E-state index >= 15 is 0 Å². The van der Waals surface area contributed by atoms with Gasteiger partial charge in [0.2, 0.25) is 0 Å². The Morgan fingerprint density at radius 1 is 1.33 bits per heavy atom. The van der Waals surface area contributed by atoms with E-state index in [1.807, 2.05) is 19.1 Å². The molecule has 0 aromatic heterocycles. The Kier molecular flexibility index (Phi) is 4.15. The van der Waals surface area contributed by atoms with Crippen molar-refractivity contribution in [1.82, 2.24) is 0 Å². The molecule has 2 nitrogen and oxygen atoms in total. The maximum Gasteiger partial charge on any atom is 0.121 e. The van der Waals surface area contributed by atoms with Crippen molar-refractivity contribution in [1.29, 1.82) is 0 Å². The maximum atomic E-state index is 9.34. The summed E-state index contributed by atoms with van der Waals surface area (Å²) in [6, 6.07) is 6.10. The molecule has 15 heavy (non-hydrogen) atoms. The molecule has 0 amide bonds. The highest BCUT2D eigenvalue weighted by Crippen LogP contribution is 2.27. The van der Waals surface area contributed by atoms with E-state index in [1.54, 1.807) is 7.11 Å². The van der Waals surface area contributed by atoms with Crippen molar-refractivity contribution in [2.75, 3.05) is 13.7 Å². The lowest BCUT2D eigenvalue weighted by Crippen LogP contribution is -2.11. The summed E-state index contributed by atoms with van der Waals surface area (Å²) < 4.78 is 5.21. The van der Waals surface area contributed by atoms with Gasteiger partial charge in [0, 0.05) is 5.92 Å². The van der Waals surface area contributed by atoms with Crippen LogP contribution in [0.4, 0.5) is 0 Å². The average molecular weight is 208 g/mol. The van der Waals surface area contributed by atoms with Gasteiger partial charge in [0.25, 0.3) is 0 Å². The number of hydrogen-bond acceptors (Lipinski definition) is 2. The molecule has 0 spiro atoms. The van der Waals surface area contributed by atoms with Gasteiger partial charge < -0.3 is 9.84 Å². The van der Waals surface area contributed by atoms with Crippen molar-refractivity contribution in [3.8, 4) is 5.75 Å². The largest absolute Gasteiger partial charge is 0.496 e. The van der Waals surface area contributed by atoms with Crippen LogP contribution in [-0.2, 0) is 0 Å². The Hall–Kier alpha value is -1.02. The van der Waals surface area contributed by atoms with Gasteiger partial charge in [-0.15, -0.1) is 0 Å². The Labute approximate surface area is 91.9 Å². The van der Waals surface area contributed by atoms with E-state index in [2.05, 4.69) is 19.9 Å². The first-order valence-electron chi connectivity index (χ1n) is 5.35. The van der Waals surface area contributed by atoms with Crippen LogP contribution in [0, 0.1) is 12.8 Å². The molecule has 0 radical (unpaired) electrons. The first kappa shape index (κ1) is 12.1. The molecule has 84 valence electrons. The molecular formula is C13H20O2. The minimum Gasteiger partial charge on any atom is -0.496 e. The van der Waals surface area contributed by atoms with Gasteiger partial charge in [0.1, 0.15) is 5.75 Å². The van der Waals surface area contributed by atoms with Gasteiger partial charge in [-0.25, -0.2) is 0 Å². The fraction of sp³-hybridized carbons (Fsp3) is 0.538. The average Bonchev–Trinajstić information content (AvgIpc) is 2.18. The van der Waals surface area contributed by atoms with Crippen LogP contribution < -0.4 is 4.74 Å². The van der Waals surface area contributed by atoms with Crippen molar-refractivity contribution >= 4 is 0 Å². The molecule has 0 saturated carbocycles. The summed E-state index contributed by atoms with van der Waals surface area (Å²) in [6.07, 6.45) is 0. The van der Waals surface area contributed by atoms with Crippen molar-refractivity contribution < 1.29 is 9.84 Å². The van der Waals surface area contributed by atoms with E-state index in [0.717, 1.165) is 11.3 Å². The summed E-state index contributed by atoms with van der Waals surface area (Å²) in [4.78, 5) is 0. The highest BCUT2D eigenvalue weighted by Gasteiger charge is 2.15. The zero-order chi connectivity index (χ0) is 11.4. The lowest BCUT2D eigenvalue weighted by atomic mass is 9.88. The number of hydrogen-bond donors (Lipinski definition) is 1. The summed E-state index contributed by atoms with van der Waals surface area (Å²) >= 11 is 0. The van der Waals surface area contributed by atoms with E-state index in [4.69, 9.17) is 4.74 Å². The Bertz CT molecular complexity index is 318. The molecule has 1 aromatic carbocycles. The Balaban J connectivity index is 3.00. The topological polar surface area (TPSA) is 29.5 Å². The SMILES string of the molecule is COc1ccc(C(CO)C(C)C)cc1C. The maximum absolute atomic E-state index is 9.34. The third-order valence-corrected chi connectivity index (χ3v) is 2.85. The summed E-state index contributed by atoms with van der Waals surface area (Å²) in [6.45, 7) is 6.47. The van der Waals surface area contributed by atoms with Crippen molar-refractivity contribution in [3.05, 3.63) is 29.3 Å². The third kappa shape index (κ3) is 2.72. The number of methoxy groups -OCH3 is 1. The van der Waals surface area contributed by atoms with Gasteiger partial charge >= 0.3 is 0 Å². The molecule has 1 rings (SSSR count). The second-order valence-electron chi connectivity index (χ2n) is 4.26. The van der Waals surface area contributed by atoms with Crippen LogP contribution in [-0.4, -0.2) is 18.8 Å². The van der Waals surface area contributed by atoms with Crippen molar-refractivity contribution in [3.63, 3.8) is 0 Å². The van der Waals surface area contributed by atoms with Crippen LogP contribution in [0.1, 0.15) is 30.9 Å². The number of ether oxygens (including phenoxy) is 1. The molecule has 0 saturated heterocycles. The van der Waals surface area contributed by atoms with Gasteiger partial charge in [0.15, 0.2) is 0 Å². The predicted molar refractivity (Wildman–Crippen MR) is 62.4 cm³/mol. The minimum absolute atomic E-state index is 0.198. The van der Waals surface area contributed by atoms with Crippen LogP contribution in [0.2, 0.25) is 0 Å². The quantitative estimate of drug-likeness (QED) is 0.824. The van der Waals surface area contributed by atoms with Crippen molar-refractivity contribution in [2.45, 2.75) is 26.7 Å². The molecule has 0 aliphatic rings. The van der Waals surface area contributed by atoms with Gasteiger partial charge in [-0.1, -0.05) is 26.0 Å². The molecule has 1 N–H and O–H groups in total. The summed E-state index contributed by atoms with van der Waals surface area (Å²) in [5, 5.41) is 9.34. The van der Waals surface area contributed by atoms with Gasteiger partial charge in [0.05, 0.1) is 13.7 Å². The Morgan fingerprint density at radius 3 is 2.40 bits per heavy atom. The zero-order valence-corrected chi connectivity index (χ0v) is 9.95. The summed E-state index contributed by atoms with van der Waals surface area (Å²) in [5.41, 5.74) is 2.31. The fourth-order valence-electron chi connectivity index (χ4n) is 1.83. The summed E-state index contributed by atoms with van der Waals surface area (Å²) in [5.74, 6) is 1.57.